The van der Waals surface area contributed by atoms with Crippen LogP contribution in [0.5, 0.6) is 5.75 Å². The molecule has 2 aromatic rings. The van der Waals surface area contributed by atoms with E-state index in [2.05, 4.69) is 5.32 Å². The first-order valence-electron chi connectivity index (χ1n) is 7.62. The zero-order valence-corrected chi connectivity index (χ0v) is 14.6. The van der Waals surface area contributed by atoms with Gasteiger partial charge in [0.05, 0.1) is 7.11 Å². The molecule has 0 fully saturated rings. The van der Waals surface area contributed by atoms with Gasteiger partial charge < -0.3 is 14.8 Å². The van der Waals surface area contributed by atoms with Crippen LogP contribution in [0.2, 0.25) is 0 Å². The summed E-state index contributed by atoms with van der Waals surface area (Å²) in [5.74, 6) is -0.530. The summed E-state index contributed by atoms with van der Waals surface area (Å²) < 4.78 is 50.9. The molecule has 0 bridgehead atoms. The SMILES string of the molecule is CCc1ccc(OCc2c(NC(=S)OC)cccc2C(F)F)c(F)c1. The largest absolute Gasteiger partial charge is 0.486 e. The van der Waals surface area contributed by atoms with Crippen LogP contribution in [0.15, 0.2) is 36.4 Å². The van der Waals surface area contributed by atoms with Gasteiger partial charge in [-0.15, -0.1) is 0 Å². The number of methoxy groups -OCH3 is 1. The van der Waals surface area contributed by atoms with E-state index in [0.717, 1.165) is 5.56 Å². The number of rotatable bonds is 6. The van der Waals surface area contributed by atoms with Gasteiger partial charge in [0.15, 0.2) is 11.6 Å². The Morgan fingerprint density at radius 3 is 2.60 bits per heavy atom. The Kier molecular flexibility index (Phi) is 6.64. The summed E-state index contributed by atoms with van der Waals surface area (Å²) in [5.41, 5.74) is 1.13. The highest BCUT2D eigenvalue weighted by Crippen LogP contribution is 2.30. The van der Waals surface area contributed by atoms with E-state index in [1.807, 2.05) is 6.92 Å². The van der Waals surface area contributed by atoms with E-state index >= 15 is 0 Å². The monoisotopic (exact) mass is 369 g/mol. The molecule has 0 aromatic heterocycles. The Hall–Kier alpha value is -2.28. The highest BCUT2D eigenvalue weighted by Gasteiger charge is 2.18. The molecule has 1 N–H and O–H groups in total. The molecule has 3 nitrogen and oxygen atoms in total. The first-order chi connectivity index (χ1) is 12.0. The van der Waals surface area contributed by atoms with Crippen molar-refractivity contribution in [2.75, 3.05) is 12.4 Å². The molecule has 0 aliphatic rings. The molecule has 0 aliphatic carbocycles. The first kappa shape index (κ1) is 19.1. The van der Waals surface area contributed by atoms with Crippen molar-refractivity contribution in [3.05, 3.63) is 58.9 Å². The van der Waals surface area contributed by atoms with Gasteiger partial charge in [-0.25, -0.2) is 13.2 Å². The van der Waals surface area contributed by atoms with E-state index in [-0.39, 0.29) is 28.7 Å². The van der Waals surface area contributed by atoms with Crippen molar-refractivity contribution in [2.45, 2.75) is 26.4 Å². The van der Waals surface area contributed by atoms with E-state index in [9.17, 15) is 13.2 Å². The molecule has 7 heteroatoms. The second-order valence-corrected chi connectivity index (χ2v) is 5.57. The number of ether oxygens (including phenoxy) is 2. The molecule has 0 radical (unpaired) electrons. The second kappa shape index (κ2) is 8.71. The lowest BCUT2D eigenvalue weighted by atomic mass is 10.1. The van der Waals surface area contributed by atoms with Crippen molar-refractivity contribution >= 4 is 23.1 Å². The van der Waals surface area contributed by atoms with Crippen molar-refractivity contribution in [1.82, 2.24) is 0 Å². The standard InChI is InChI=1S/C18H18F3NO2S/c1-3-11-7-8-16(14(19)9-11)24-10-13-12(17(20)21)5-4-6-15(13)22-18(25)23-2/h4-9,17H,3,10H2,1-2H3,(H,22,25). The van der Waals surface area contributed by atoms with E-state index in [0.29, 0.717) is 12.1 Å². The molecular weight excluding hydrogens is 351 g/mol. The average Bonchev–Trinajstić information content (AvgIpc) is 2.60. The molecule has 0 amide bonds. The molecule has 0 unspecified atom stereocenters. The van der Waals surface area contributed by atoms with Crippen LogP contribution >= 0.6 is 12.2 Å². The predicted molar refractivity (Wildman–Crippen MR) is 94.7 cm³/mol. The third-order valence-electron chi connectivity index (χ3n) is 3.65. The number of hydrogen-bond acceptors (Lipinski definition) is 3. The van der Waals surface area contributed by atoms with Crippen molar-refractivity contribution < 1.29 is 22.6 Å². The topological polar surface area (TPSA) is 30.5 Å². The highest BCUT2D eigenvalue weighted by molar-refractivity contribution is 7.80. The molecule has 0 saturated carbocycles. The summed E-state index contributed by atoms with van der Waals surface area (Å²) in [6, 6.07) is 8.94. The Morgan fingerprint density at radius 2 is 2.00 bits per heavy atom. The lowest BCUT2D eigenvalue weighted by Gasteiger charge is -2.17. The number of alkyl halides is 2. The van der Waals surface area contributed by atoms with Crippen LogP contribution in [0, 0.1) is 5.82 Å². The minimum Gasteiger partial charge on any atom is -0.486 e. The lowest BCUT2D eigenvalue weighted by molar-refractivity contribution is 0.148. The molecule has 2 rings (SSSR count). The van der Waals surface area contributed by atoms with Gasteiger partial charge in [-0.05, 0) is 42.4 Å². The van der Waals surface area contributed by atoms with Gasteiger partial charge in [-0.1, -0.05) is 25.1 Å². The van der Waals surface area contributed by atoms with Gasteiger partial charge >= 0.3 is 0 Å². The zero-order chi connectivity index (χ0) is 18.4. The molecule has 0 atom stereocenters. The van der Waals surface area contributed by atoms with Gasteiger partial charge in [-0.3, -0.25) is 0 Å². The summed E-state index contributed by atoms with van der Waals surface area (Å²) in [4.78, 5) is 0. The fourth-order valence-electron chi connectivity index (χ4n) is 2.28. The highest BCUT2D eigenvalue weighted by atomic mass is 32.1. The predicted octanol–water partition coefficient (Wildman–Crippen LogP) is 5.25. The minimum atomic E-state index is -2.70. The van der Waals surface area contributed by atoms with Crippen LogP contribution in [0.3, 0.4) is 0 Å². The van der Waals surface area contributed by atoms with Gasteiger partial charge in [-0.2, -0.15) is 0 Å². The van der Waals surface area contributed by atoms with Crippen molar-refractivity contribution in [3.8, 4) is 5.75 Å². The molecular formula is C18H18F3NO2S. The maximum absolute atomic E-state index is 14.0. The van der Waals surface area contributed by atoms with Crippen LogP contribution in [0.4, 0.5) is 18.9 Å². The third-order valence-corrected chi connectivity index (χ3v) is 3.91. The van der Waals surface area contributed by atoms with Crippen molar-refractivity contribution in [1.29, 1.82) is 0 Å². The lowest BCUT2D eigenvalue weighted by Crippen LogP contribution is -2.14. The molecule has 2 aromatic carbocycles. The number of benzene rings is 2. The van der Waals surface area contributed by atoms with Gasteiger partial charge in [0.2, 0.25) is 0 Å². The average molecular weight is 369 g/mol. The minimum absolute atomic E-state index is 0.00142. The summed E-state index contributed by atoms with van der Waals surface area (Å²) in [7, 11) is 1.37. The maximum atomic E-state index is 14.0. The Balaban J connectivity index is 2.29. The van der Waals surface area contributed by atoms with Crippen LogP contribution in [0.25, 0.3) is 0 Å². The maximum Gasteiger partial charge on any atom is 0.264 e. The van der Waals surface area contributed by atoms with Gasteiger partial charge in [0, 0.05) is 16.8 Å². The van der Waals surface area contributed by atoms with Crippen molar-refractivity contribution in [3.63, 3.8) is 0 Å². The number of nitrogens with one attached hydrogen (secondary N) is 1. The Labute approximate surface area is 149 Å². The fourth-order valence-corrected chi connectivity index (χ4v) is 2.39. The molecule has 0 heterocycles. The Bertz CT molecular complexity index is 753. The molecule has 0 spiro atoms. The number of halogens is 3. The molecule has 0 aliphatic heterocycles. The van der Waals surface area contributed by atoms with Crippen molar-refractivity contribution in [2.24, 2.45) is 0 Å². The van der Waals surface area contributed by atoms with Crippen LogP contribution in [-0.4, -0.2) is 12.3 Å². The third kappa shape index (κ3) is 4.85. The van der Waals surface area contributed by atoms with Gasteiger partial charge in [0.1, 0.15) is 6.61 Å². The fraction of sp³-hybridized carbons (Fsp3) is 0.278. The normalized spacial score (nSPS) is 10.6. The van der Waals surface area contributed by atoms with E-state index in [1.165, 1.54) is 31.4 Å². The quantitative estimate of drug-likeness (QED) is 0.705. The summed E-state index contributed by atoms with van der Waals surface area (Å²) >= 11 is 4.91. The van der Waals surface area contributed by atoms with E-state index in [4.69, 9.17) is 21.7 Å². The molecule has 134 valence electrons. The summed E-state index contributed by atoms with van der Waals surface area (Å²) in [5, 5.41) is 2.76. The first-order valence-corrected chi connectivity index (χ1v) is 8.03. The number of thiocarbonyl (C=S) groups is 1. The van der Waals surface area contributed by atoms with Crippen LogP contribution in [0.1, 0.15) is 30.0 Å². The Morgan fingerprint density at radius 1 is 1.24 bits per heavy atom. The number of aryl methyl sites for hydroxylation is 1. The van der Waals surface area contributed by atoms with Gasteiger partial charge in [0.25, 0.3) is 11.6 Å². The number of hydrogen-bond donors (Lipinski definition) is 1. The summed E-state index contributed by atoms with van der Waals surface area (Å²) in [6.45, 7) is 1.67. The molecule has 25 heavy (non-hydrogen) atoms. The van der Waals surface area contributed by atoms with Crippen LogP contribution in [-0.2, 0) is 17.8 Å². The summed E-state index contributed by atoms with van der Waals surface area (Å²) in [6.07, 6.45) is -2.02. The zero-order valence-electron chi connectivity index (χ0n) is 13.8. The molecule has 0 saturated heterocycles. The van der Waals surface area contributed by atoms with E-state index < -0.39 is 12.2 Å². The smallest absolute Gasteiger partial charge is 0.264 e. The van der Waals surface area contributed by atoms with Crippen LogP contribution < -0.4 is 10.1 Å². The number of anilines is 1. The second-order valence-electron chi connectivity index (χ2n) is 5.20. The van der Waals surface area contributed by atoms with E-state index in [1.54, 1.807) is 12.1 Å².